The molecule has 2 aromatic rings. The standard InChI is InChI=1S/C25H24N4O6/c1-2-13-4-3-5-14-21(13)27-24(33)25(14)20-19(15(28-25)9-18(26)30)22(31)29(23(20)32)10-12-6-7-16-17(8-12)35-11-34-16/h3-8,15,19-20,28H,2,9-11H2,1H3,(H2,26,30)(H,27,33)/t15-,19-,20+,25-/m1/s1. The predicted octanol–water partition coefficient (Wildman–Crippen LogP) is 0.774. The third-order valence-corrected chi connectivity index (χ3v) is 7.51. The van der Waals surface area contributed by atoms with Crippen molar-refractivity contribution in [1.29, 1.82) is 0 Å². The van der Waals surface area contributed by atoms with Crippen LogP contribution in [0.25, 0.3) is 0 Å². The highest BCUT2D eigenvalue weighted by molar-refractivity contribution is 6.15. The minimum Gasteiger partial charge on any atom is -0.454 e. The van der Waals surface area contributed by atoms with Gasteiger partial charge in [-0.05, 0) is 29.7 Å². The SMILES string of the molecule is CCc1cccc2c1NC(=O)[C@@]21N[C@H](CC(N)=O)[C@H]2C(=O)N(Cc3ccc4c(c3)OCO4)C(=O)[C@H]21. The Kier molecular flexibility index (Phi) is 4.65. The summed E-state index contributed by atoms with van der Waals surface area (Å²) in [6.07, 6.45) is 0.511. The van der Waals surface area contributed by atoms with Crippen LogP contribution < -0.4 is 25.8 Å². The number of ether oxygens (including phenoxy) is 2. The number of anilines is 1. The van der Waals surface area contributed by atoms with Gasteiger partial charge in [-0.2, -0.15) is 0 Å². The number of nitrogens with zero attached hydrogens (tertiary/aromatic N) is 1. The van der Waals surface area contributed by atoms with Crippen LogP contribution in [0, 0.1) is 11.8 Å². The fraction of sp³-hybridized carbons (Fsp3) is 0.360. The molecule has 0 aliphatic carbocycles. The Hall–Kier alpha value is -3.92. The summed E-state index contributed by atoms with van der Waals surface area (Å²) in [7, 11) is 0. The summed E-state index contributed by atoms with van der Waals surface area (Å²) < 4.78 is 10.8. The number of hydrogen-bond donors (Lipinski definition) is 3. The molecule has 0 unspecified atom stereocenters. The van der Waals surface area contributed by atoms with E-state index in [0.717, 1.165) is 5.56 Å². The molecular weight excluding hydrogens is 452 g/mol. The molecule has 2 fully saturated rings. The highest BCUT2D eigenvalue weighted by Crippen LogP contribution is 2.54. The van der Waals surface area contributed by atoms with Gasteiger partial charge in [0, 0.05) is 23.7 Å². The lowest BCUT2D eigenvalue weighted by molar-refractivity contribution is -0.143. The van der Waals surface area contributed by atoms with Crippen LogP contribution in [0.1, 0.15) is 30.0 Å². The van der Waals surface area contributed by atoms with E-state index in [2.05, 4.69) is 10.6 Å². The maximum absolute atomic E-state index is 13.9. The topological polar surface area (TPSA) is 140 Å². The lowest BCUT2D eigenvalue weighted by Crippen LogP contribution is -2.53. The second kappa shape index (κ2) is 7.54. The Bertz CT molecular complexity index is 1310. The molecule has 6 rings (SSSR count). The number of imide groups is 1. The van der Waals surface area contributed by atoms with Crippen molar-refractivity contribution < 1.29 is 28.7 Å². The Morgan fingerprint density at radius 2 is 1.94 bits per heavy atom. The fourth-order valence-corrected chi connectivity index (χ4v) is 6.01. The zero-order valence-electron chi connectivity index (χ0n) is 19.0. The molecule has 0 radical (unpaired) electrons. The molecule has 0 bridgehead atoms. The number of fused-ring (bicyclic) bond motifs is 5. The first-order valence-corrected chi connectivity index (χ1v) is 11.6. The third kappa shape index (κ3) is 2.92. The smallest absolute Gasteiger partial charge is 0.250 e. The van der Waals surface area contributed by atoms with E-state index in [4.69, 9.17) is 15.2 Å². The van der Waals surface area contributed by atoms with Crippen molar-refractivity contribution in [1.82, 2.24) is 10.2 Å². The molecule has 4 aliphatic heterocycles. The first-order valence-electron chi connectivity index (χ1n) is 11.6. The zero-order chi connectivity index (χ0) is 24.5. The predicted molar refractivity (Wildman–Crippen MR) is 122 cm³/mol. The molecule has 2 aromatic carbocycles. The van der Waals surface area contributed by atoms with Crippen molar-refractivity contribution in [3.63, 3.8) is 0 Å². The summed E-state index contributed by atoms with van der Waals surface area (Å²) in [5, 5.41) is 6.15. The van der Waals surface area contributed by atoms with Gasteiger partial charge in [0.05, 0.1) is 18.4 Å². The van der Waals surface area contributed by atoms with Crippen molar-refractivity contribution in [3.05, 3.63) is 53.1 Å². The summed E-state index contributed by atoms with van der Waals surface area (Å²) in [6.45, 7) is 2.11. The van der Waals surface area contributed by atoms with Gasteiger partial charge in [0.2, 0.25) is 30.4 Å². The highest BCUT2D eigenvalue weighted by Gasteiger charge is 2.70. The number of primary amides is 1. The number of benzene rings is 2. The molecule has 10 nitrogen and oxygen atoms in total. The molecule has 10 heteroatoms. The number of carbonyl (C=O) groups is 4. The molecule has 4 atom stereocenters. The Labute approximate surface area is 200 Å². The molecule has 0 saturated carbocycles. The minimum absolute atomic E-state index is 0.0180. The summed E-state index contributed by atoms with van der Waals surface area (Å²) in [4.78, 5) is 54.1. The van der Waals surface area contributed by atoms with Gasteiger partial charge in [-0.15, -0.1) is 0 Å². The first-order chi connectivity index (χ1) is 16.8. The number of aryl methyl sites for hydroxylation is 1. The van der Waals surface area contributed by atoms with Gasteiger partial charge in [-0.3, -0.25) is 29.4 Å². The van der Waals surface area contributed by atoms with Gasteiger partial charge in [0.15, 0.2) is 11.5 Å². The lowest BCUT2D eigenvalue weighted by atomic mass is 9.76. The molecular formula is C25H24N4O6. The number of nitrogens with two attached hydrogens (primary N) is 1. The van der Waals surface area contributed by atoms with E-state index >= 15 is 0 Å². The van der Waals surface area contributed by atoms with E-state index in [1.165, 1.54) is 4.90 Å². The number of hydrogen-bond acceptors (Lipinski definition) is 7. The van der Waals surface area contributed by atoms with E-state index in [0.29, 0.717) is 34.7 Å². The van der Waals surface area contributed by atoms with Gasteiger partial charge in [-0.25, -0.2) is 0 Å². The Balaban J connectivity index is 1.42. The van der Waals surface area contributed by atoms with Gasteiger partial charge in [0.25, 0.3) is 0 Å². The first kappa shape index (κ1) is 21.6. The van der Waals surface area contributed by atoms with Crippen molar-refractivity contribution in [2.75, 3.05) is 12.1 Å². The summed E-state index contributed by atoms with van der Waals surface area (Å²) in [5.74, 6) is -2.66. The molecule has 35 heavy (non-hydrogen) atoms. The highest BCUT2D eigenvalue weighted by atomic mass is 16.7. The van der Waals surface area contributed by atoms with Crippen LogP contribution in [0.2, 0.25) is 0 Å². The molecule has 4 N–H and O–H groups in total. The molecule has 4 amide bonds. The number of nitrogens with one attached hydrogen (secondary N) is 2. The quantitative estimate of drug-likeness (QED) is 0.542. The van der Waals surface area contributed by atoms with Crippen LogP contribution >= 0.6 is 0 Å². The average Bonchev–Trinajstić information content (AvgIpc) is 3.55. The number of rotatable bonds is 5. The van der Waals surface area contributed by atoms with Crippen LogP contribution in [0.4, 0.5) is 5.69 Å². The van der Waals surface area contributed by atoms with Gasteiger partial charge >= 0.3 is 0 Å². The van der Waals surface area contributed by atoms with Gasteiger partial charge in [0.1, 0.15) is 5.54 Å². The molecule has 4 aliphatic rings. The zero-order valence-corrected chi connectivity index (χ0v) is 19.0. The van der Waals surface area contributed by atoms with E-state index in [1.54, 1.807) is 24.3 Å². The van der Waals surface area contributed by atoms with Gasteiger partial charge in [-0.1, -0.05) is 31.2 Å². The normalized spacial score (nSPS) is 28.0. The second-order valence-electron chi connectivity index (χ2n) is 9.33. The molecule has 0 aromatic heterocycles. The Morgan fingerprint density at radius 3 is 2.71 bits per heavy atom. The monoisotopic (exact) mass is 476 g/mol. The Morgan fingerprint density at radius 1 is 1.14 bits per heavy atom. The molecule has 1 spiro atoms. The number of para-hydroxylation sites is 1. The van der Waals surface area contributed by atoms with Crippen LogP contribution in [-0.4, -0.2) is 41.4 Å². The van der Waals surface area contributed by atoms with E-state index < -0.39 is 47.0 Å². The molecule has 4 heterocycles. The number of likely N-dealkylation sites (tertiary alicyclic amines) is 1. The van der Waals surface area contributed by atoms with Gasteiger partial charge < -0.3 is 20.5 Å². The number of carbonyl (C=O) groups excluding carboxylic acids is 4. The van der Waals surface area contributed by atoms with Crippen molar-refractivity contribution in [2.45, 2.75) is 37.9 Å². The van der Waals surface area contributed by atoms with Crippen molar-refractivity contribution in [3.8, 4) is 11.5 Å². The third-order valence-electron chi connectivity index (χ3n) is 7.51. The van der Waals surface area contributed by atoms with Crippen molar-refractivity contribution >= 4 is 29.3 Å². The fourth-order valence-electron chi connectivity index (χ4n) is 6.01. The maximum atomic E-state index is 13.9. The minimum atomic E-state index is -1.46. The van der Waals surface area contributed by atoms with E-state index in [-0.39, 0.29) is 19.8 Å². The van der Waals surface area contributed by atoms with Crippen LogP contribution in [0.5, 0.6) is 11.5 Å². The summed E-state index contributed by atoms with van der Waals surface area (Å²) in [6, 6.07) is 10.0. The molecule has 2 saturated heterocycles. The van der Waals surface area contributed by atoms with E-state index in [9.17, 15) is 19.2 Å². The van der Waals surface area contributed by atoms with Crippen LogP contribution in [0.3, 0.4) is 0 Å². The lowest BCUT2D eigenvalue weighted by Gasteiger charge is -2.29. The van der Waals surface area contributed by atoms with Crippen LogP contribution in [-0.2, 0) is 37.7 Å². The summed E-state index contributed by atoms with van der Waals surface area (Å²) >= 11 is 0. The average molecular weight is 476 g/mol. The number of amides is 4. The molecule has 180 valence electrons. The van der Waals surface area contributed by atoms with Crippen LogP contribution in [0.15, 0.2) is 36.4 Å². The maximum Gasteiger partial charge on any atom is 0.250 e. The summed E-state index contributed by atoms with van der Waals surface area (Å²) in [5.41, 5.74) is 6.93. The largest absolute Gasteiger partial charge is 0.454 e. The second-order valence-corrected chi connectivity index (χ2v) is 9.33. The van der Waals surface area contributed by atoms with E-state index in [1.807, 2.05) is 19.1 Å². The van der Waals surface area contributed by atoms with Crippen molar-refractivity contribution in [2.24, 2.45) is 17.6 Å².